The fourth-order valence-corrected chi connectivity index (χ4v) is 3.77. The smallest absolute Gasteiger partial charge is 0.252 e. The second-order valence-corrected chi connectivity index (χ2v) is 6.94. The maximum Gasteiger partial charge on any atom is 0.252 e. The number of ether oxygens (including phenoxy) is 1. The van der Waals surface area contributed by atoms with Crippen molar-refractivity contribution in [2.75, 3.05) is 13.7 Å². The van der Waals surface area contributed by atoms with Crippen LogP contribution in [-0.4, -0.2) is 30.6 Å². The molecule has 3 rings (SSSR count). The Kier molecular flexibility index (Phi) is 4.86. The van der Waals surface area contributed by atoms with E-state index in [2.05, 4.69) is 16.4 Å². The summed E-state index contributed by atoms with van der Waals surface area (Å²) in [6.45, 7) is 6.70. The van der Waals surface area contributed by atoms with E-state index in [1.54, 1.807) is 7.11 Å². The highest BCUT2D eigenvalue weighted by atomic mass is 16.5. The Morgan fingerprint density at radius 3 is 2.83 bits per heavy atom. The molecule has 128 valence electrons. The summed E-state index contributed by atoms with van der Waals surface area (Å²) >= 11 is 0. The molecule has 0 aliphatic heterocycles. The van der Waals surface area contributed by atoms with Gasteiger partial charge in [-0.1, -0.05) is 18.1 Å². The largest absolute Gasteiger partial charge is 0.384 e. The second-order valence-electron chi connectivity index (χ2n) is 6.94. The van der Waals surface area contributed by atoms with Crippen LogP contribution in [0.4, 0.5) is 0 Å². The molecule has 0 spiro atoms. The topological polar surface area (TPSA) is 51.2 Å². The van der Waals surface area contributed by atoms with Crippen LogP contribution in [0.2, 0.25) is 0 Å². The van der Waals surface area contributed by atoms with Crippen LogP contribution in [0.15, 0.2) is 18.2 Å². The molecule has 1 fully saturated rings. The van der Waals surface area contributed by atoms with Crippen molar-refractivity contribution in [2.24, 2.45) is 5.92 Å². The van der Waals surface area contributed by atoms with Gasteiger partial charge in [-0.15, -0.1) is 0 Å². The van der Waals surface area contributed by atoms with Gasteiger partial charge in [-0.3, -0.25) is 9.78 Å². The van der Waals surface area contributed by atoms with Crippen molar-refractivity contribution < 1.29 is 9.53 Å². The first-order chi connectivity index (χ1) is 11.5. The highest BCUT2D eigenvalue weighted by Crippen LogP contribution is 2.28. The molecule has 0 radical (unpaired) electrons. The molecule has 2 atom stereocenters. The summed E-state index contributed by atoms with van der Waals surface area (Å²) in [6.07, 6.45) is 3.29. The van der Waals surface area contributed by atoms with Crippen LogP contribution in [0.25, 0.3) is 10.9 Å². The average Bonchev–Trinajstić information content (AvgIpc) is 2.96. The van der Waals surface area contributed by atoms with Crippen LogP contribution in [0.3, 0.4) is 0 Å². The van der Waals surface area contributed by atoms with Crippen LogP contribution in [0.5, 0.6) is 0 Å². The molecule has 24 heavy (non-hydrogen) atoms. The standard InChI is InChI=1S/C20H26N2O2/c1-12-8-9-18-16(10-12)19(13(2)14(3)21-18)20(23)22-17-7-5-6-15(17)11-24-4/h8-10,15,17H,5-7,11H2,1-4H3,(H,22,23). The lowest BCUT2D eigenvalue weighted by atomic mass is 9.98. The van der Waals surface area contributed by atoms with E-state index in [1.807, 2.05) is 32.9 Å². The van der Waals surface area contributed by atoms with Gasteiger partial charge in [0.2, 0.25) is 0 Å². The van der Waals surface area contributed by atoms with Gasteiger partial charge < -0.3 is 10.1 Å². The maximum atomic E-state index is 13.1. The predicted octanol–water partition coefficient (Wildman–Crippen LogP) is 3.70. The van der Waals surface area contributed by atoms with Crippen molar-refractivity contribution in [2.45, 2.75) is 46.1 Å². The third-order valence-corrected chi connectivity index (χ3v) is 5.21. The van der Waals surface area contributed by atoms with Crippen molar-refractivity contribution in [3.8, 4) is 0 Å². The van der Waals surface area contributed by atoms with Crippen LogP contribution in [0, 0.1) is 26.7 Å². The average molecular weight is 326 g/mol. The lowest BCUT2D eigenvalue weighted by Gasteiger charge is -2.21. The number of hydrogen-bond acceptors (Lipinski definition) is 3. The first kappa shape index (κ1) is 16.9. The lowest BCUT2D eigenvalue weighted by Crippen LogP contribution is -2.39. The van der Waals surface area contributed by atoms with Crippen LogP contribution < -0.4 is 5.32 Å². The highest BCUT2D eigenvalue weighted by molar-refractivity contribution is 6.07. The van der Waals surface area contributed by atoms with E-state index in [1.165, 1.54) is 0 Å². The lowest BCUT2D eigenvalue weighted by molar-refractivity contribution is 0.0899. The summed E-state index contributed by atoms with van der Waals surface area (Å²) in [5.74, 6) is 0.428. The third kappa shape index (κ3) is 3.16. The zero-order chi connectivity index (χ0) is 17.3. The maximum absolute atomic E-state index is 13.1. The zero-order valence-electron chi connectivity index (χ0n) is 15.0. The zero-order valence-corrected chi connectivity index (χ0v) is 15.0. The van der Waals surface area contributed by atoms with Gasteiger partial charge in [0.25, 0.3) is 5.91 Å². The number of carbonyl (C=O) groups excluding carboxylic acids is 1. The molecule has 1 heterocycles. The summed E-state index contributed by atoms with van der Waals surface area (Å²) < 4.78 is 5.31. The number of amides is 1. The number of aromatic nitrogens is 1. The Bertz CT molecular complexity index is 770. The number of methoxy groups -OCH3 is 1. The van der Waals surface area contributed by atoms with Gasteiger partial charge in [0.05, 0.1) is 17.7 Å². The first-order valence-electron chi connectivity index (χ1n) is 8.68. The number of fused-ring (bicyclic) bond motifs is 1. The molecule has 4 heteroatoms. The van der Waals surface area contributed by atoms with Gasteiger partial charge >= 0.3 is 0 Å². The summed E-state index contributed by atoms with van der Waals surface area (Å²) in [7, 11) is 1.73. The van der Waals surface area contributed by atoms with E-state index in [0.29, 0.717) is 12.5 Å². The number of carbonyl (C=O) groups is 1. The van der Waals surface area contributed by atoms with Crippen molar-refractivity contribution in [3.63, 3.8) is 0 Å². The minimum Gasteiger partial charge on any atom is -0.384 e. The fraction of sp³-hybridized carbons (Fsp3) is 0.500. The molecule has 1 aliphatic rings. The van der Waals surface area contributed by atoms with Gasteiger partial charge in [-0.25, -0.2) is 0 Å². The molecule has 4 nitrogen and oxygen atoms in total. The van der Waals surface area contributed by atoms with E-state index in [4.69, 9.17) is 4.74 Å². The van der Waals surface area contributed by atoms with Gasteiger partial charge in [0.1, 0.15) is 0 Å². The number of pyridine rings is 1. The van der Waals surface area contributed by atoms with Gasteiger partial charge in [0, 0.05) is 30.1 Å². The van der Waals surface area contributed by atoms with E-state index in [0.717, 1.165) is 52.5 Å². The number of benzene rings is 1. The number of aryl methyl sites for hydroxylation is 2. The molecule has 1 aromatic heterocycles. The Labute approximate surface area is 143 Å². The number of nitrogens with zero attached hydrogens (tertiary/aromatic N) is 1. The summed E-state index contributed by atoms with van der Waals surface area (Å²) in [4.78, 5) is 17.7. The van der Waals surface area contributed by atoms with Crippen LogP contribution in [-0.2, 0) is 4.74 Å². The molecule has 2 unspecified atom stereocenters. The normalized spacial score (nSPS) is 20.5. The van der Waals surface area contributed by atoms with Gasteiger partial charge in [-0.2, -0.15) is 0 Å². The molecule has 1 saturated carbocycles. The van der Waals surface area contributed by atoms with E-state index < -0.39 is 0 Å². The highest BCUT2D eigenvalue weighted by Gasteiger charge is 2.29. The van der Waals surface area contributed by atoms with Crippen molar-refractivity contribution in [1.82, 2.24) is 10.3 Å². The molecule has 2 aromatic rings. The predicted molar refractivity (Wildman–Crippen MR) is 96.4 cm³/mol. The molecule has 1 N–H and O–H groups in total. The van der Waals surface area contributed by atoms with Crippen molar-refractivity contribution in [3.05, 3.63) is 40.6 Å². The Hall–Kier alpha value is -1.94. The van der Waals surface area contributed by atoms with Crippen molar-refractivity contribution >= 4 is 16.8 Å². The quantitative estimate of drug-likeness (QED) is 0.932. The fourth-order valence-electron chi connectivity index (χ4n) is 3.77. The van der Waals surface area contributed by atoms with E-state index >= 15 is 0 Å². The Balaban J connectivity index is 1.97. The molecule has 1 amide bonds. The monoisotopic (exact) mass is 326 g/mol. The summed E-state index contributed by atoms with van der Waals surface area (Å²) in [6, 6.07) is 6.30. The number of hydrogen-bond donors (Lipinski definition) is 1. The molecular weight excluding hydrogens is 300 g/mol. The third-order valence-electron chi connectivity index (χ3n) is 5.21. The molecule has 1 aromatic carbocycles. The van der Waals surface area contributed by atoms with Gasteiger partial charge in [0.15, 0.2) is 0 Å². The van der Waals surface area contributed by atoms with E-state index in [9.17, 15) is 4.79 Å². The SMILES string of the molecule is COCC1CCCC1NC(=O)c1c(C)c(C)nc2ccc(C)cc12. The Morgan fingerprint density at radius 2 is 2.08 bits per heavy atom. The Morgan fingerprint density at radius 1 is 1.29 bits per heavy atom. The molecular formula is C20H26N2O2. The second kappa shape index (κ2) is 6.89. The van der Waals surface area contributed by atoms with Crippen LogP contribution >= 0.6 is 0 Å². The summed E-state index contributed by atoms with van der Waals surface area (Å²) in [5, 5.41) is 4.20. The van der Waals surface area contributed by atoms with E-state index in [-0.39, 0.29) is 11.9 Å². The minimum absolute atomic E-state index is 0.0154. The number of rotatable bonds is 4. The van der Waals surface area contributed by atoms with Crippen LogP contribution in [0.1, 0.15) is 46.4 Å². The molecule has 0 bridgehead atoms. The minimum atomic E-state index is 0.0154. The molecule has 0 saturated heterocycles. The summed E-state index contributed by atoms with van der Waals surface area (Å²) in [5.41, 5.74) is 4.67. The first-order valence-corrected chi connectivity index (χ1v) is 8.68. The molecule has 1 aliphatic carbocycles. The number of nitrogens with one attached hydrogen (secondary N) is 1. The van der Waals surface area contributed by atoms with Gasteiger partial charge in [-0.05, 0) is 51.3 Å². The van der Waals surface area contributed by atoms with Crippen molar-refractivity contribution in [1.29, 1.82) is 0 Å².